The highest BCUT2D eigenvalue weighted by molar-refractivity contribution is 6.10. The van der Waals surface area contributed by atoms with Crippen molar-refractivity contribution in [1.29, 1.82) is 0 Å². The molecule has 1 unspecified atom stereocenters. The Morgan fingerprint density at radius 1 is 0.949 bits per heavy atom. The molecule has 11 heteroatoms. The number of rotatable bonds is 4. The average Bonchev–Trinajstić information content (AvgIpc) is 3.61. The number of carbonyl (C=O) groups excluding carboxylic acids is 5. The SMILES string of the molecule is CCc1ccc2c(c1)C(=O)N(C[C@@]1(C#Cc3ccc4oc(C5(C)NC(=O)NC5=O)cc4c3)NC(=O)NC1=O)C2. The number of aryl methyl sites for hydroxylation is 1. The first-order valence-corrected chi connectivity index (χ1v) is 12.4. The number of imide groups is 2. The van der Waals surface area contributed by atoms with Gasteiger partial charge >= 0.3 is 12.1 Å². The maximum Gasteiger partial charge on any atom is 0.323 e. The molecule has 2 saturated heterocycles. The number of amides is 7. The van der Waals surface area contributed by atoms with E-state index in [0.717, 1.165) is 17.5 Å². The van der Waals surface area contributed by atoms with Crippen LogP contribution in [0.5, 0.6) is 0 Å². The lowest BCUT2D eigenvalue weighted by atomic mass is 9.98. The minimum absolute atomic E-state index is 0.127. The van der Waals surface area contributed by atoms with Crippen LogP contribution < -0.4 is 21.3 Å². The van der Waals surface area contributed by atoms with Gasteiger partial charge in [0, 0.05) is 23.1 Å². The summed E-state index contributed by atoms with van der Waals surface area (Å²) in [6, 6.07) is 11.1. The normalized spacial score (nSPS) is 23.7. The van der Waals surface area contributed by atoms with Crippen molar-refractivity contribution < 1.29 is 28.4 Å². The minimum Gasteiger partial charge on any atom is -0.458 e. The highest BCUT2D eigenvalue weighted by Crippen LogP contribution is 2.31. The first-order valence-electron chi connectivity index (χ1n) is 12.4. The van der Waals surface area contributed by atoms with Gasteiger partial charge in [-0.2, -0.15) is 0 Å². The number of benzene rings is 2. The molecule has 0 saturated carbocycles. The Hall–Kier alpha value is -5.11. The second-order valence-corrected chi connectivity index (χ2v) is 9.97. The van der Waals surface area contributed by atoms with E-state index in [1.54, 1.807) is 24.3 Å². The summed E-state index contributed by atoms with van der Waals surface area (Å²) in [7, 11) is 0. The number of fused-ring (bicyclic) bond motifs is 2. The molecule has 2 atom stereocenters. The molecule has 6 rings (SSSR count). The molecule has 4 heterocycles. The van der Waals surface area contributed by atoms with Gasteiger partial charge in [-0.25, -0.2) is 9.59 Å². The van der Waals surface area contributed by atoms with E-state index in [2.05, 4.69) is 33.1 Å². The van der Waals surface area contributed by atoms with E-state index in [4.69, 9.17) is 4.42 Å². The molecule has 4 N–H and O–H groups in total. The topological polar surface area (TPSA) is 150 Å². The second-order valence-electron chi connectivity index (χ2n) is 9.97. The van der Waals surface area contributed by atoms with Crippen molar-refractivity contribution >= 4 is 40.8 Å². The van der Waals surface area contributed by atoms with Crippen molar-refractivity contribution in [2.24, 2.45) is 0 Å². The third kappa shape index (κ3) is 3.88. The standard InChI is InChI=1S/C28H23N5O6/c1-3-15-4-6-17-13-33(22(34)19(17)11-15)14-28(24(36)30-26(38)32-28)9-8-16-5-7-20-18(10-16)12-21(39-20)27(2)23(35)29-25(37)31-27/h4-7,10-12H,3,13-14H2,1-2H3,(H2,29,31,35,37)(H2,30,32,36,38)/t27?,28-/m1/s1. The van der Waals surface area contributed by atoms with Gasteiger partial charge in [0.25, 0.3) is 17.7 Å². The number of nitrogens with one attached hydrogen (secondary N) is 4. The molecule has 2 fully saturated rings. The van der Waals surface area contributed by atoms with Crippen LogP contribution in [0, 0.1) is 11.8 Å². The fraction of sp³-hybridized carbons (Fsp3) is 0.250. The second kappa shape index (κ2) is 8.46. The van der Waals surface area contributed by atoms with Crippen LogP contribution in [0.1, 0.15) is 46.7 Å². The Bertz CT molecular complexity index is 1700. The summed E-state index contributed by atoms with van der Waals surface area (Å²) in [6.45, 7) is 3.72. The maximum atomic E-state index is 13.2. The van der Waals surface area contributed by atoms with E-state index in [1.165, 1.54) is 11.8 Å². The van der Waals surface area contributed by atoms with Gasteiger partial charge in [0.2, 0.25) is 5.54 Å². The smallest absolute Gasteiger partial charge is 0.323 e. The fourth-order valence-electron chi connectivity index (χ4n) is 5.04. The Morgan fingerprint density at radius 2 is 1.72 bits per heavy atom. The van der Waals surface area contributed by atoms with Crippen LogP contribution in [0.2, 0.25) is 0 Å². The molecule has 3 aliphatic rings. The van der Waals surface area contributed by atoms with Crippen molar-refractivity contribution in [3.05, 3.63) is 70.5 Å². The summed E-state index contributed by atoms with van der Waals surface area (Å²) >= 11 is 0. The number of carbonyl (C=O) groups is 5. The summed E-state index contributed by atoms with van der Waals surface area (Å²) in [5.74, 6) is 4.71. The van der Waals surface area contributed by atoms with Crippen molar-refractivity contribution in [1.82, 2.24) is 26.2 Å². The molecule has 1 aromatic heterocycles. The molecule has 3 aliphatic heterocycles. The van der Waals surface area contributed by atoms with Crippen molar-refractivity contribution in [3.63, 3.8) is 0 Å². The van der Waals surface area contributed by atoms with Gasteiger partial charge in [-0.05, 0) is 54.8 Å². The summed E-state index contributed by atoms with van der Waals surface area (Å²) in [5, 5.41) is 10.2. The molecule has 39 heavy (non-hydrogen) atoms. The Kier molecular flexibility index (Phi) is 5.26. The lowest BCUT2D eigenvalue weighted by molar-refractivity contribution is -0.124. The van der Waals surface area contributed by atoms with E-state index in [1.807, 2.05) is 25.1 Å². The van der Waals surface area contributed by atoms with E-state index in [0.29, 0.717) is 28.6 Å². The van der Waals surface area contributed by atoms with Gasteiger partial charge in [0.05, 0.1) is 6.54 Å². The highest BCUT2D eigenvalue weighted by atomic mass is 16.3. The lowest BCUT2D eigenvalue weighted by Crippen LogP contribution is -2.54. The predicted octanol–water partition coefficient (Wildman–Crippen LogP) is 1.64. The Labute approximate surface area is 222 Å². The quantitative estimate of drug-likeness (QED) is 0.301. The number of furan rings is 1. The van der Waals surface area contributed by atoms with Crippen LogP contribution >= 0.6 is 0 Å². The van der Waals surface area contributed by atoms with Crippen LogP contribution in [-0.4, -0.2) is 46.8 Å². The number of hydrogen-bond donors (Lipinski definition) is 4. The number of urea groups is 2. The molecule has 0 radical (unpaired) electrons. The maximum absolute atomic E-state index is 13.2. The van der Waals surface area contributed by atoms with Crippen LogP contribution in [0.4, 0.5) is 9.59 Å². The summed E-state index contributed by atoms with van der Waals surface area (Å²) < 4.78 is 5.82. The largest absolute Gasteiger partial charge is 0.458 e. The van der Waals surface area contributed by atoms with E-state index >= 15 is 0 Å². The molecule has 0 aliphatic carbocycles. The monoisotopic (exact) mass is 525 g/mol. The summed E-state index contributed by atoms with van der Waals surface area (Å²) in [6.07, 6.45) is 0.790. The van der Waals surface area contributed by atoms with Gasteiger partial charge in [0.1, 0.15) is 11.3 Å². The molecule has 2 aromatic carbocycles. The van der Waals surface area contributed by atoms with Crippen LogP contribution in [-0.2, 0) is 28.1 Å². The van der Waals surface area contributed by atoms with E-state index in [-0.39, 0.29) is 18.2 Å². The Morgan fingerprint density at radius 3 is 2.41 bits per heavy atom. The zero-order valence-corrected chi connectivity index (χ0v) is 21.1. The third-order valence-electron chi connectivity index (χ3n) is 7.31. The van der Waals surface area contributed by atoms with Gasteiger partial charge in [0.15, 0.2) is 5.54 Å². The van der Waals surface area contributed by atoms with Crippen LogP contribution in [0.15, 0.2) is 46.9 Å². The molecular weight excluding hydrogens is 502 g/mol. The third-order valence-corrected chi connectivity index (χ3v) is 7.31. The van der Waals surface area contributed by atoms with Gasteiger partial charge < -0.3 is 20.0 Å². The first kappa shape index (κ1) is 24.2. The zero-order chi connectivity index (χ0) is 27.5. The van der Waals surface area contributed by atoms with Crippen molar-refractivity contribution in [2.75, 3.05) is 6.54 Å². The van der Waals surface area contributed by atoms with E-state index in [9.17, 15) is 24.0 Å². The number of nitrogens with zero attached hydrogens (tertiary/aromatic N) is 1. The van der Waals surface area contributed by atoms with Crippen LogP contribution in [0.3, 0.4) is 0 Å². The minimum atomic E-state index is -1.64. The summed E-state index contributed by atoms with van der Waals surface area (Å²) in [4.78, 5) is 63.7. The fourth-order valence-corrected chi connectivity index (χ4v) is 5.04. The molecule has 0 bridgehead atoms. The van der Waals surface area contributed by atoms with Gasteiger partial charge in [-0.3, -0.25) is 25.0 Å². The molecular formula is C28H23N5O6. The van der Waals surface area contributed by atoms with Gasteiger partial charge in [-0.15, -0.1) is 0 Å². The molecule has 7 amide bonds. The molecule has 0 spiro atoms. The van der Waals surface area contributed by atoms with Crippen molar-refractivity contribution in [2.45, 2.75) is 37.9 Å². The first-order chi connectivity index (χ1) is 18.6. The van der Waals surface area contributed by atoms with E-state index < -0.39 is 35.0 Å². The number of hydrogen-bond acceptors (Lipinski definition) is 6. The van der Waals surface area contributed by atoms with Gasteiger partial charge in [-0.1, -0.05) is 30.9 Å². The molecule has 11 nitrogen and oxygen atoms in total. The average molecular weight is 526 g/mol. The lowest BCUT2D eigenvalue weighted by Gasteiger charge is -2.26. The zero-order valence-electron chi connectivity index (χ0n) is 21.1. The Balaban J connectivity index is 1.30. The molecule has 3 aromatic rings. The van der Waals surface area contributed by atoms with Crippen molar-refractivity contribution in [3.8, 4) is 11.8 Å². The summed E-state index contributed by atoms with van der Waals surface area (Å²) in [5.41, 5.74) is 0.467. The molecule has 196 valence electrons. The predicted molar refractivity (Wildman–Crippen MR) is 137 cm³/mol. The van der Waals surface area contributed by atoms with Crippen LogP contribution in [0.25, 0.3) is 11.0 Å². The highest BCUT2D eigenvalue weighted by Gasteiger charge is 2.48.